The first-order chi connectivity index (χ1) is 24.9. The van der Waals surface area contributed by atoms with E-state index in [4.69, 9.17) is 16.3 Å². The summed E-state index contributed by atoms with van der Waals surface area (Å²) in [5.41, 5.74) is 3.94. The lowest BCUT2D eigenvalue weighted by molar-refractivity contribution is -0.150. The van der Waals surface area contributed by atoms with E-state index in [1.165, 1.54) is 0 Å². The van der Waals surface area contributed by atoms with Crippen molar-refractivity contribution in [3.05, 3.63) is 124 Å². The van der Waals surface area contributed by atoms with Crippen molar-refractivity contribution in [2.45, 2.75) is 69.6 Å². The number of ether oxygens (including phenoxy) is 1. The summed E-state index contributed by atoms with van der Waals surface area (Å²) in [4.78, 5) is 58.6. The monoisotopic (exact) mass is 737 g/mol. The lowest BCUT2D eigenvalue weighted by Crippen LogP contribution is -2.46. The smallest absolute Gasteiger partial charge is 0.264 e. The molecule has 11 heteroatoms. The second-order valence-corrected chi connectivity index (χ2v) is 19.1. The molecule has 2 N–H and O–H groups in total. The Morgan fingerprint density at radius 2 is 1.65 bits per heavy atom. The summed E-state index contributed by atoms with van der Waals surface area (Å²) < 4.78 is 6.89. The van der Waals surface area contributed by atoms with Crippen LogP contribution >= 0.6 is 11.6 Å². The molecule has 0 aromatic heterocycles. The minimum atomic E-state index is -3.03. The van der Waals surface area contributed by atoms with Gasteiger partial charge in [0.05, 0.1) is 37.1 Å². The van der Waals surface area contributed by atoms with Gasteiger partial charge in [0.15, 0.2) is 13.9 Å². The molecule has 4 aromatic carbocycles. The highest BCUT2D eigenvalue weighted by atomic mass is 35.5. The number of anilines is 3. The number of amides is 3. The van der Waals surface area contributed by atoms with Gasteiger partial charge in [0.25, 0.3) is 5.91 Å². The van der Waals surface area contributed by atoms with Crippen LogP contribution in [0.15, 0.2) is 97.1 Å². The van der Waals surface area contributed by atoms with Crippen LogP contribution in [0.2, 0.25) is 23.7 Å². The zero-order valence-corrected chi connectivity index (χ0v) is 31.4. The van der Waals surface area contributed by atoms with Gasteiger partial charge in [0.2, 0.25) is 11.8 Å². The van der Waals surface area contributed by atoms with Crippen molar-refractivity contribution in [3.8, 4) is 0 Å². The topological polar surface area (TPSA) is 111 Å². The molecular weight excluding hydrogens is 694 g/mol. The maximum Gasteiger partial charge on any atom is 0.264 e. The number of aryl methyl sites for hydroxylation is 1. The molecule has 3 amide bonds. The third-order valence-corrected chi connectivity index (χ3v) is 13.6. The van der Waals surface area contributed by atoms with Gasteiger partial charge in [0.1, 0.15) is 0 Å². The molecule has 0 saturated carbocycles. The Hall–Kier alpha value is -4.32. The maximum atomic E-state index is 14.9. The fraction of sp³-hybridized carbons (Fsp3) is 0.341. The largest absolute Gasteiger partial charge is 0.432 e. The zero-order valence-electron chi connectivity index (χ0n) is 29.7. The van der Waals surface area contributed by atoms with Gasteiger partial charge in [-0.05, 0) is 72.6 Å². The van der Waals surface area contributed by atoms with Gasteiger partial charge >= 0.3 is 0 Å². The van der Waals surface area contributed by atoms with Gasteiger partial charge in [-0.2, -0.15) is 0 Å². The van der Waals surface area contributed by atoms with E-state index in [-0.39, 0.29) is 43.8 Å². The number of aliphatic hydroxyl groups is 1. The Morgan fingerprint density at radius 3 is 2.37 bits per heavy atom. The van der Waals surface area contributed by atoms with Gasteiger partial charge in [0, 0.05) is 47.2 Å². The van der Waals surface area contributed by atoms with E-state index in [1.54, 1.807) is 26.8 Å². The van der Waals surface area contributed by atoms with Crippen molar-refractivity contribution in [2.24, 2.45) is 5.92 Å². The normalized spacial score (nSPS) is 22.5. The number of rotatable bonds is 10. The Labute approximate surface area is 310 Å². The molecule has 1 spiro atoms. The molecule has 7 rings (SSSR count). The number of carbonyl (C=O) groups excluding carboxylic acids is 3. The van der Waals surface area contributed by atoms with E-state index in [2.05, 4.69) is 6.07 Å². The molecule has 1 fully saturated rings. The van der Waals surface area contributed by atoms with Crippen molar-refractivity contribution in [1.82, 2.24) is 4.90 Å². The van der Waals surface area contributed by atoms with Gasteiger partial charge in [-0.15, -0.1) is 0 Å². The molecule has 9 nitrogen and oxygen atoms in total. The molecular formula is C41H44ClN3O6Si. The van der Waals surface area contributed by atoms with Gasteiger partial charge < -0.3 is 24.4 Å². The molecule has 0 unspecified atom stereocenters. The number of fused-ring (bicyclic) bond motifs is 3. The van der Waals surface area contributed by atoms with Crippen LogP contribution in [0.3, 0.4) is 0 Å². The molecule has 52 heavy (non-hydrogen) atoms. The van der Waals surface area contributed by atoms with Crippen LogP contribution < -0.4 is 9.80 Å². The molecule has 0 bridgehead atoms. The average Bonchev–Trinajstić information content (AvgIpc) is 3.54. The molecule has 4 aromatic rings. The van der Waals surface area contributed by atoms with Crippen LogP contribution in [0.5, 0.6) is 0 Å². The molecule has 3 aliphatic rings. The van der Waals surface area contributed by atoms with Gasteiger partial charge in [-0.1, -0.05) is 79.2 Å². The maximum absolute atomic E-state index is 14.9. The molecule has 0 aliphatic carbocycles. The number of aliphatic hydroxyl groups excluding tert-OH is 1. The standard InChI is InChI=1S/C41H44ClN3O6Si/c1-27-39(52(2,3)50)36(24-38(48)43(21-22-46)25-28-9-5-4-6-10-28)51-41(27)33-23-31(42)16-19-35(33)44(40(41)49)26-29-13-17-32(18-14-29)45-34-12-8-7-11-30(34)15-20-37(45)47/h4-14,16-19,23,27,36,39,46,50H,15,20-22,24-26H2,1-3H3/t27-,36+,39-,41+/m1/s1. The third-order valence-electron chi connectivity index (χ3n) is 10.9. The Morgan fingerprint density at radius 1 is 0.942 bits per heavy atom. The fourth-order valence-corrected chi connectivity index (χ4v) is 11.3. The van der Waals surface area contributed by atoms with E-state index in [1.807, 2.05) is 98.9 Å². The quantitative estimate of drug-likeness (QED) is 0.175. The Balaban J connectivity index is 1.18. The summed E-state index contributed by atoms with van der Waals surface area (Å²) in [6, 6.07) is 30.6. The predicted molar refractivity (Wildman–Crippen MR) is 204 cm³/mol. The molecule has 0 radical (unpaired) electrons. The highest BCUT2D eigenvalue weighted by molar-refractivity contribution is 6.71. The minimum Gasteiger partial charge on any atom is -0.432 e. The minimum absolute atomic E-state index is 0.0405. The summed E-state index contributed by atoms with van der Waals surface area (Å²) >= 11 is 6.58. The molecule has 3 aliphatic heterocycles. The van der Waals surface area contributed by atoms with E-state index >= 15 is 0 Å². The van der Waals surface area contributed by atoms with Crippen molar-refractivity contribution in [2.75, 3.05) is 23.0 Å². The summed E-state index contributed by atoms with van der Waals surface area (Å²) in [5, 5.41) is 10.3. The number of halogens is 1. The van der Waals surface area contributed by atoms with E-state index in [9.17, 15) is 24.3 Å². The van der Waals surface area contributed by atoms with Crippen molar-refractivity contribution >= 4 is 54.7 Å². The van der Waals surface area contributed by atoms with Gasteiger partial charge in [-0.3, -0.25) is 19.3 Å². The SMILES string of the molecule is C[C@@H]1[C@@H]([Si](C)(C)O)[C@H](CC(=O)N(CCO)Cc2ccccc2)O[C@@]12C(=O)N(Cc1ccc(N3C(=O)CCc4ccccc43)cc1)c1ccc(Cl)cc12. The fourth-order valence-electron chi connectivity index (χ4n) is 8.57. The Kier molecular flexibility index (Phi) is 9.88. The van der Waals surface area contributed by atoms with Crippen LogP contribution in [0.4, 0.5) is 17.1 Å². The van der Waals surface area contributed by atoms with Crippen LogP contribution in [-0.4, -0.2) is 60.1 Å². The highest BCUT2D eigenvalue weighted by Crippen LogP contribution is 2.60. The average molecular weight is 738 g/mol. The molecule has 270 valence electrons. The van der Waals surface area contributed by atoms with Crippen LogP contribution in [0.1, 0.15) is 42.0 Å². The van der Waals surface area contributed by atoms with E-state index in [0.717, 1.165) is 28.1 Å². The second kappa shape index (κ2) is 14.2. The summed E-state index contributed by atoms with van der Waals surface area (Å²) in [7, 11) is -3.03. The van der Waals surface area contributed by atoms with Crippen molar-refractivity contribution in [3.63, 3.8) is 0 Å². The van der Waals surface area contributed by atoms with Crippen LogP contribution in [-0.2, 0) is 44.2 Å². The van der Waals surface area contributed by atoms with Crippen molar-refractivity contribution in [1.29, 1.82) is 0 Å². The second-order valence-electron chi connectivity index (χ2n) is 14.7. The van der Waals surface area contributed by atoms with Crippen LogP contribution in [0.25, 0.3) is 0 Å². The number of carbonyl (C=O) groups is 3. The highest BCUT2D eigenvalue weighted by Gasteiger charge is 2.66. The van der Waals surface area contributed by atoms with E-state index < -0.39 is 31.5 Å². The Bertz CT molecular complexity index is 1990. The zero-order chi connectivity index (χ0) is 36.8. The first kappa shape index (κ1) is 36.1. The number of nitrogens with zero attached hydrogens (tertiary/aromatic N) is 3. The lowest BCUT2D eigenvalue weighted by Gasteiger charge is -2.32. The number of benzene rings is 4. The van der Waals surface area contributed by atoms with Crippen LogP contribution in [0, 0.1) is 5.92 Å². The first-order valence-corrected chi connectivity index (χ1v) is 21.3. The van der Waals surface area contributed by atoms with Crippen molar-refractivity contribution < 1.29 is 29.0 Å². The number of para-hydroxylation sites is 1. The first-order valence-electron chi connectivity index (χ1n) is 17.9. The summed E-state index contributed by atoms with van der Waals surface area (Å²) in [5.74, 6) is -0.923. The molecule has 4 atom stereocenters. The molecule has 1 saturated heterocycles. The number of hydrogen-bond donors (Lipinski definition) is 2. The number of hydrogen-bond acceptors (Lipinski definition) is 6. The lowest BCUT2D eigenvalue weighted by atomic mass is 9.82. The van der Waals surface area contributed by atoms with Gasteiger partial charge in [-0.25, -0.2) is 0 Å². The van der Waals surface area contributed by atoms with E-state index in [0.29, 0.717) is 35.7 Å². The summed E-state index contributed by atoms with van der Waals surface area (Å²) in [6.45, 7) is 6.10. The predicted octanol–water partition coefficient (Wildman–Crippen LogP) is 6.71. The summed E-state index contributed by atoms with van der Waals surface area (Å²) in [6.07, 6.45) is 0.357. The third kappa shape index (κ3) is 6.47. The molecule has 3 heterocycles.